The molecule has 0 aliphatic carbocycles. The highest BCUT2D eigenvalue weighted by Crippen LogP contribution is 2.46. The minimum atomic E-state index is -0.385. The molecular formula is C57H39N5O. The summed E-state index contributed by atoms with van der Waals surface area (Å²) < 4.78 is 12.3. The van der Waals surface area contributed by atoms with Crippen molar-refractivity contribution in [3.63, 3.8) is 0 Å². The molecule has 0 spiro atoms. The molecule has 1 aliphatic heterocycles. The molecule has 0 radical (unpaired) electrons. The van der Waals surface area contributed by atoms with Crippen LogP contribution in [0.4, 0.5) is 0 Å². The molecule has 63 heavy (non-hydrogen) atoms. The predicted octanol–water partition coefficient (Wildman–Crippen LogP) is 13.8. The van der Waals surface area contributed by atoms with E-state index in [1.807, 2.05) is 6.07 Å². The lowest BCUT2D eigenvalue weighted by Crippen LogP contribution is -2.45. The molecule has 0 fully saturated rings. The fourth-order valence-electron chi connectivity index (χ4n) is 10.0. The van der Waals surface area contributed by atoms with Gasteiger partial charge in [-0.1, -0.05) is 182 Å². The van der Waals surface area contributed by atoms with Crippen molar-refractivity contribution in [2.75, 3.05) is 0 Å². The molecular weight excluding hydrogens is 771 g/mol. The summed E-state index contributed by atoms with van der Waals surface area (Å²) in [4.78, 5) is 5.40. The van der Waals surface area contributed by atoms with Gasteiger partial charge in [-0.05, 0) is 41.5 Å². The lowest BCUT2D eigenvalue weighted by atomic mass is 9.94. The van der Waals surface area contributed by atoms with E-state index >= 15 is 0 Å². The zero-order valence-electron chi connectivity index (χ0n) is 34.1. The zero-order chi connectivity index (χ0) is 41.4. The average molecular weight is 810 g/mol. The fourth-order valence-corrected chi connectivity index (χ4v) is 10.0. The van der Waals surface area contributed by atoms with E-state index in [0.717, 1.165) is 83.5 Å². The third-order valence-electron chi connectivity index (χ3n) is 12.8. The molecule has 2 unspecified atom stereocenters. The van der Waals surface area contributed by atoms with Crippen molar-refractivity contribution < 1.29 is 4.42 Å². The van der Waals surface area contributed by atoms with Crippen LogP contribution >= 0.6 is 0 Å². The Morgan fingerprint density at radius 3 is 1.67 bits per heavy atom. The van der Waals surface area contributed by atoms with Crippen LogP contribution in [0.3, 0.4) is 0 Å². The molecule has 4 heterocycles. The molecule has 0 saturated carbocycles. The first-order valence-corrected chi connectivity index (χ1v) is 21.5. The summed E-state index contributed by atoms with van der Waals surface area (Å²) in [7, 11) is 0. The van der Waals surface area contributed by atoms with Gasteiger partial charge in [0.2, 0.25) is 0 Å². The SMILES string of the molecule is c1ccc(C2=NC(c3ccc4c(oc5c(-n6c7ccccc7c7ccc8c9ccccc9n(-c9ccccc9)c8c76)cccc54)c3-c3ccccc3)NC(c3ccccc3)N2)cc1. The van der Waals surface area contributed by atoms with E-state index in [4.69, 9.17) is 9.41 Å². The number of aliphatic imine (C=N–C) groups is 1. The summed E-state index contributed by atoms with van der Waals surface area (Å²) in [5.41, 5.74) is 13.7. The minimum Gasteiger partial charge on any atom is -0.453 e. The van der Waals surface area contributed by atoms with E-state index in [1.54, 1.807) is 0 Å². The average Bonchev–Trinajstić information content (AvgIpc) is 4.03. The second kappa shape index (κ2) is 14.2. The van der Waals surface area contributed by atoms with Crippen LogP contribution in [0.5, 0.6) is 0 Å². The molecule has 0 amide bonds. The smallest absolute Gasteiger partial charge is 0.159 e. The Balaban J connectivity index is 1.10. The van der Waals surface area contributed by atoms with Crippen LogP contribution in [-0.2, 0) is 0 Å². The quantitative estimate of drug-likeness (QED) is 0.176. The summed E-state index contributed by atoms with van der Waals surface area (Å²) in [6.45, 7) is 0. The van der Waals surface area contributed by atoms with Gasteiger partial charge in [-0.2, -0.15) is 0 Å². The molecule has 2 N–H and O–H groups in total. The standard InChI is InChI=1S/C57H39N5O/c1-5-18-36(19-6-1)50-46(57-59-55(37-20-7-2-8-21-37)58-56(60-57)38-22-9-3-10-23-38)35-34-45-44-28-17-31-49(53(44)63-54(45)50)62-48-30-16-14-27-41(48)43-33-32-42-40-26-13-15-29-47(40)61(51(42)52(43)62)39-24-11-4-12-25-39/h1-35,55,57,59H,(H,58,60). The van der Waals surface area contributed by atoms with Crippen molar-refractivity contribution in [1.82, 2.24) is 19.8 Å². The van der Waals surface area contributed by atoms with Crippen molar-refractivity contribution in [1.29, 1.82) is 0 Å². The molecule has 298 valence electrons. The number of hydrogen-bond donors (Lipinski definition) is 2. The van der Waals surface area contributed by atoms with Crippen molar-refractivity contribution in [3.05, 3.63) is 229 Å². The molecule has 0 bridgehead atoms. The van der Waals surface area contributed by atoms with Gasteiger partial charge in [0, 0.05) is 54.7 Å². The number of fused-ring (bicyclic) bond motifs is 10. The molecule has 9 aromatic carbocycles. The van der Waals surface area contributed by atoms with E-state index in [1.165, 1.54) is 27.1 Å². The van der Waals surface area contributed by atoms with Crippen LogP contribution in [0.25, 0.3) is 88.1 Å². The normalized spacial score (nSPS) is 15.5. The third kappa shape index (κ3) is 5.52. The van der Waals surface area contributed by atoms with Crippen LogP contribution in [0.2, 0.25) is 0 Å². The maximum absolute atomic E-state index is 7.41. The largest absolute Gasteiger partial charge is 0.453 e. The first-order valence-electron chi connectivity index (χ1n) is 21.5. The van der Waals surface area contributed by atoms with E-state index in [-0.39, 0.29) is 12.3 Å². The molecule has 2 atom stereocenters. The van der Waals surface area contributed by atoms with Gasteiger partial charge in [0.1, 0.15) is 23.8 Å². The van der Waals surface area contributed by atoms with Crippen LogP contribution < -0.4 is 10.6 Å². The molecule has 1 aliphatic rings. The van der Waals surface area contributed by atoms with Gasteiger partial charge in [0.15, 0.2) is 5.58 Å². The third-order valence-corrected chi connectivity index (χ3v) is 12.8. The molecule has 0 saturated heterocycles. The summed E-state index contributed by atoms with van der Waals surface area (Å²) in [5, 5.41) is 14.5. The summed E-state index contributed by atoms with van der Waals surface area (Å²) in [5.74, 6) is 0.838. The van der Waals surface area contributed by atoms with Crippen molar-refractivity contribution in [2.45, 2.75) is 12.3 Å². The second-order valence-electron chi connectivity index (χ2n) is 16.3. The number of para-hydroxylation sites is 4. The van der Waals surface area contributed by atoms with Crippen LogP contribution in [0.1, 0.15) is 29.0 Å². The van der Waals surface area contributed by atoms with Gasteiger partial charge in [-0.15, -0.1) is 0 Å². The van der Waals surface area contributed by atoms with E-state index in [9.17, 15) is 0 Å². The molecule has 6 nitrogen and oxygen atoms in total. The lowest BCUT2D eigenvalue weighted by Gasteiger charge is -2.33. The Morgan fingerprint density at radius 1 is 0.429 bits per heavy atom. The summed E-state index contributed by atoms with van der Waals surface area (Å²) in [6.07, 6.45) is -0.561. The number of hydrogen-bond acceptors (Lipinski definition) is 4. The van der Waals surface area contributed by atoms with Crippen molar-refractivity contribution >= 4 is 71.4 Å². The number of rotatable bonds is 6. The Labute approximate surface area is 363 Å². The van der Waals surface area contributed by atoms with Gasteiger partial charge in [0.25, 0.3) is 0 Å². The molecule has 3 aromatic heterocycles. The predicted molar refractivity (Wildman–Crippen MR) is 259 cm³/mol. The minimum absolute atomic E-state index is 0.177. The van der Waals surface area contributed by atoms with Gasteiger partial charge in [0.05, 0.1) is 27.8 Å². The molecule has 12 aromatic rings. The molecule has 13 rings (SSSR count). The van der Waals surface area contributed by atoms with Gasteiger partial charge in [-0.3, -0.25) is 5.32 Å². The maximum atomic E-state index is 7.41. The van der Waals surface area contributed by atoms with Crippen LogP contribution in [0.15, 0.2) is 222 Å². The van der Waals surface area contributed by atoms with E-state index < -0.39 is 0 Å². The Morgan fingerprint density at radius 2 is 0.968 bits per heavy atom. The first kappa shape index (κ1) is 35.6. The highest BCUT2D eigenvalue weighted by molar-refractivity contribution is 6.24. The number of nitrogens with zero attached hydrogens (tertiary/aromatic N) is 3. The highest BCUT2D eigenvalue weighted by atomic mass is 16.3. The Kier molecular flexibility index (Phi) is 8.01. The number of amidine groups is 1. The van der Waals surface area contributed by atoms with Gasteiger partial charge in [-0.25, -0.2) is 4.99 Å². The van der Waals surface area contributed by atoms with Gasteiger partial charge >= 0.3 is 0 Å². The number of aromatic nitrogens is 2. The zero-order valence-corrected chi connectivity index (χ0v) is 34.1. The summed E-state index contributed by atoms with van der Waals surface area (Å²) >= 11 is 0. The number of furan rings is 1. The maximum Gasteiger partial charge on any atom is 0.159 e. The van der Waals surface area contributed by atoms with Crippen molar-refractivity contribution in [3.8, 4) is 22.5 Å². The van der Waals surface area contributed by atoms with Gasteiger partial charge < -0.3 is 18.9 Å². The summed E-state index contributed by atoms with van der Waals surface area (Å²) in [6, 6.07) is 75.4. The second-order valence-corrected chi connectivity index (χ2v) is 16.3. The van der Waals surface area contributed by atoms with E-state index in [0.29, 0.717) is 0 Å². The van der Waals surface area contributed by atoms with Crippen LogP contribution in [-0.4, -0.2) is 15.0 Å². The highest BCUT2D eigenvalue weighted by Gasteiger charge is 2.30. The topological polar surface area (TPSA) is 59.4 Å². The Hall–Kier alpha value is -8.19. The van der Waals surface area contributed by atoms with E-state index in [2.05, 4.69) is 226 Å². The first-order chi connectivity index (χ1) is 31.3. The Bertz CT molecular complexity index is 3740. The fraction of sp³-hybridized carbons (Fsp3) is 0.0351. The molecule has 6 heteroatoms. The number of benzene rings is 9. The van der Waals surface area contributed by atoms with Crippen molar-refractivity contribution in [2.24, 2.45) is 4.99 Å². The van der Waals surface area contributed by atoms with Crippen LogP contribution in [0, 0.1) is 0 Å². The monoisotopic (exact) mass is 809 g/mol. The number of nitrogens with one attached hydrogen (secondary N) is 2. The lowest BCUT2D eigenvalue weighted by molar-refractivity contribution is 0.409.